The fraction of sp³-hybridized carbons (Fsp3) is 0.667. The summed E-state index contributed by atoms with van der Waals surface area (Å²) in [6, 6.07) is 0. The number of rotatable bonds is 4. The van der Waals surface area contributed by atoms with Crippen LogP contribution in [0.5, 0.6) is 0 Å². The van der Waals surface area contributed by atoms with Gasteiger partial charge in [-0.25, -0.2) is 4.98 Å². The molecule has 0 spiro atoms. The van der Waals surface area contributed by atoms with E-state index in [2.05, 4.69) is 28.9 Å². The fourth-order valence-electron chi connectivity index (χ4n) is 2.84. The van der Waals surface area contributed by atoms with Gasteiger partial charge in [-0.1, -0.05) is 26.7 Å². The van der Waals surface area contributed by atoms with E-state index >= 15 is 0 Å². The molecule has 1 atom stereocenters. The molecule has 0 aromatic carbocycles. The van der Waals surface area contributed by atoms with Crippen LogP contribution in [0.2, 0.25) is 0 Å². The van der Waals surface area contributed by atoms with Crippen LogP contribution >= 0.6 is 11.3 Å². The van der Waals surface area contributed by atoms with E-state index in [1.54, 1.807) is 5.38 Å². The summed E-state index contributed by atoms with van der Waals surface area (Å²) >= 11 is 1.34. The Labute approximate surface area is 129 Å². The highest BCUT2D eigenvalue weighted by atomic mass is 32.1. The van der Waals surface area contributed by atoms with Gasteiger partial charge in [0, 0.05) is 11.3 Å². The van der Waals surface area contributed by atoms with Crippen molar-refractivity contribution in [3.05, 3.63) is 11.1 Å². The van der Waals surface area contributed by atoms with Crippen LogP contribution in [0.3, 0.4) is 0 Å². The quantitative estimate of drug-likeness (QED) is 0.868. The minimum absolute atomic E-state index is 0.0270. The number of carbonyl (C=O) groups is 2. The number of hydrogen-bond donors (Lipinski definition) is 1. The lowest BCUT2D eigenvalue weighted by Crippen LogP contribution is -2.37. The van der Waals surface area contributed by atoms with Gasteiger partial charge in [0.1, 0.15) is 0 Å². The lowest BCUT2D eigenvalue weighted by Gasteiger charge is -2.37. The zero-order chi connectivity index (χ0) is 15.5. The van der Waals surface area contributed by atoms with Crippen LogP contribution in [-0.4, -0.2) is 24.0 Å². The summed E-state index contributed by atoms with van der Waals surface area (Å²) in [5.41, 5.74) is 0.666. The molecule has 1 amide bonds. The molecule has 0 aliphatic heterocycles. The number of anilines is 1. The van der Waals surface area contributed by atoms with Gasteiger partial charge in [-0.15, -0.1) is 11.3 Å². The number of aromatic nitrogens is 1. The maximum Gasteiger partial charge on any atom is 0.311 e. The molecule has 1 aliphatic rings. The predicted octanol–water partition coefficient (Wildman–Crippen LogP) is 3.01. The van der Waals surface area contributed by atoms with E-state index in [0.717, 1.165) is 19.3 Å². The Hall–Kier alpha value is -1.43. The van der Waals surface area contributed by atoms with Crippen LogP contribution in [0.1, 0.15) is 45.2 Å². The number of hydrogen-bond acceptors (Lipinski definition) is 5. The van der Waals surface area contributed by atoms with Gasteiger partial charge in [0.15, 0.2) is 5.13 Å². The van der Waals surface area contributed by atoms with Gasteiger partial charge >= 0.3 is 5.97 Å². The number of methoxy groups -OCH3 is 1. The van der Waals surface area contributed by atoms with E-state index in [-0.39, 0.29) is 29.6 Å². The first-order valence-electron chi connectivity index (χ1n) is 7.24. The van der Waals surface area contributed by atoms with E-state index < -0.39 is 0 Å². The van der Waals surface area contributed by atoms with Crippen LogP contribution in [0.4, 0.5) is 5.13 Å². The van der Waals surface area contributed by atoms with Crippen molar-refractivity contribution in [3.8, 4) is 0 Å². The summed E-state index contributed by atoms with van der Waals surface area (Å²) in [5.74, 6) is -0.260. The summed E-state index contributed by atoms with van der Waals surface area (Å²) in [6.07, 6.45) is 4.44. The molecule has 0 radical (unpaired) electrons. The summed E-state index contributed by atoms with van der Waals surface area (Å²) in [5, 5.41) is 5.23. The molecule has 0 bridgehead atoms. The molecule has 0 saturated heterocycles. The van der Waals surface area contributed by atoms with Crippen molar-refractivity contribution < 1.29 is 14.3 Å². The van der Waals surface area contributed by atoms with Crippen molar-refractivity contribution in [2.45, 2.75) is 46.0 Å². The molecule has 1 aromatic heterocycles. The van der Waals surface area contributed by atoms with Crippen molar-refractivity contribution in [1.29, 1.82) is 0 Å². The molecule has 5 nitrogen and oxygen atoms in total. The standard InChI is InChI=1S/C15H22N2O3S/c1-15(2)7-5-4-6-11(15)13(19)17-14-16-10(9-21-14)8-12(18)20-3/h9,11H,4-8H2,1-3H3,(H,16,17,19). The van der Waals surface area contributed by atoms with Gasteiger partial charge in [-0.3, -0.25) is 9.59 Å². The van der Waals surface area contributed by atoms with E-state index in [9.17, 15) is 9.59 Å². The second-order valence-corrected chi connectivity index (χ2v) is 7.03. The van der Waals surface area contributed by atoms with Gasteiger partial charge in [0.2, 0.25) is 5.91 Å². The Kier molecular flexibility index (Phi) is 4.98. The first-order valence-corrected chi connectivity index (χ1v) is 8.12. The van der Waals surface area contributed by atoms with Crippen LogP contribution in [0.25, 0.3) is 0 Å². The number of esters is 1. The van der Waals surface area contributed by atoms with Crippen molar-refractivity contribution in [3.63, 3.8) is 0 Å². The number of nitrogens with zero attached hydrogens (tertiary/aromatic N) is 1. The van der Waals surface area contributed by atoms with E-state index in [1.807, 2.05) is 0 Å². The number of carbonyl (C=O) groups excluding carboxylic acids is 2. The number of nitrogens with one attached hydrogen (secondary N) is 1. The Morgan fingerprint density at radius 3 is 2.90 bits per heavy atom. The van der Waals surface area contributed by atoms with E-state index in [4.69, 9.17) is 0 Å². The summed E-state index contributed by atoms with van der Waals surface area (Å²) in [4.78, 5) is 27.9. The first kappa shape index (κ1) is 15.9. The Balaban J connectivity index is 1.98. The largest absolute Gasteiger partial charge is 0.469 e. The second kappa shape index (κ2) is 6.56. The van der Waals surface area contributed by atoms with Crippen LogP contribution < -0.4 is 5.32 Å². The molecule has 116 valence electrons. The zero-order valence-corrected chi connectivity index (χ0v) is 13.6. The van der Waals surface area contributed by atoms with Gasteiger partial charge in [-0.05, 0) is 18.3 Å². The maximum atomic E-state index is 12.4. The molecule has 1 aliphatic carbocycles. The predicted molar refractivity (Wildman–Crippen MR) is 82.2 cm³/mol. The van der Waals surface area contributed by atoms with E-state index in [1.165, 1.54) is 24.9 Å². The fourth-order valence-corrected chi connectivity index (χ4v) is 3.55. The summed E-state index contributed by atoms with van der Waals surface area (Å²) in [7, 11) is 1.35. The lowest BCUT2D eigenvalue weighted by atomic mass is 9.68. The van der Waals surface area contributed by atoms with Crippen molar-refractivity contribution in [2.75, 3.05) is 12.4 Å². The smallest absolute Gasteiger partial charge is 0.311 e. The molecular formula is C15H22N2O3S. The third-order valence-electron chi connectivity index (χ3n) is 4.16. The first-order chi connectivity index (χ1) is 9.92. The molecule has 1 heterocycles. The average molecular weight is 310 g/mol. The number of ether oxygens (including phenoxy) is 1. The van der Waals surface area contributed by atoms with Crippen molar-refractivity contribution in [1.82, 2.24) is 4.98 Å². The highest BCUT2D eigenvalue weighted by Gasteiger charge is 2.37. The van der Waals surface area contributed by atoms with Gasteiger partial charge < -0.3 is 10.1 Å². The Morgan fingerprint density at radius 1 is 1.48 bits per heavy atom. The molecule has 1 aromatic rings. The summed E-state index contributed by atoms with van der Waals surface area (Å²) in [6.45, 7) is 4.31. The SMILES string of the molecule is COC(=O)Cc1csc(NC(=O)C2CCCCC2(C)C)n1. The number of thiazole rings is 1. The molecular weight excluding hydrogens is 288 g/mol. The molecule has 1 unspecified atom stereocenters. The molecule has 21 heavy (non-hydrogen) atoms. The lowest BCUT2D eigenvalue weighted by molar-refractivity contribution is -0.139. The normalized spacial score (nSPS) is 20.8. The molecule has 6 heteroatoms. The van der Waals surface area contributed by atoms with Crippen molar-refractivity contribution >= 4 is 28.3 Å². The van der Waals surface area contributed by atoms with Crippen molar-refractivity contribution in [2.24, 2.45) is 11.3 Å². The van der Waals surface area contributed by atoms with Crippen LogP contribution in [-0.2, 0) is 20.7 Å². The third-order valence-corrected chi connectivity index (χ3v) is 4.97. The minimum Gasteiger partial charge on any atom is -0.469 e. The Morgan fingerprint density at radius 2 is 2.24 bits per heavy atom. The average Bonchev–Trinajstić information content (AvgIpc) is 2.85. The zero-order valence-electron chi connectivity index (χ0n) is 12.8. The van der Waals surface area contributed by atoms with Gasteiger partial charge in [0.05, 0.1) is 19.2 Å². The minimum atomic E-state index is -0.327. The molecule has 1 fully saturated rings. The van der Waals surface area contributed by atoms with E-state index in [0.29, 0.717) is 10.8 Å². The number of amides is 1. The second-order valence-electron chi connectivity index (χ2n) is 6.17. The van der Waals surface area contributed by atoms with Crippen LogP contribution in [0, 0.1) is 11.3 Å². The Bertz CT molecular complexity index is 525. The highest BCUT2D eigenvalue weighted by molar-refractivity contribution is 7.13. The monoisotopic (exact) mass is 310 g/mol. The van der Waals surface area contributed by atoms with Crippen LogP contribution in [0.15, 0.2) is 5.38 Å². The molecule has 2 rings (SSSR count). The highest BCUT2D eigenvalue weighted by Crippen LogP contribution is 2.41. The topological polar surface area (TPSA) is 68.3 Å². The molecule has 1 N–H and O–H groups in total. The van der Waals surface area contributed by atoms with Gasteiger partial charge in [0.25, 0.3) is 0 Å². The third kappa shape index (κ3) is 4.03. The summed E-state index contributed by atoms with van der Waals surface area (Å²) < 4.78 is 4.61. The maximum absolute atomic E-state index is 12.4. The molecule has 1 saturated carbocycles. The van der Waals surface area contributed by atoms with Gasteiger partial charge in [-0.2, -0.15) is 0 Å².